The Morgan fingerprint density at radius 3 is 2.77 bits per heavy atom. The molecule has 1 aliphatic rings. The van der Waals surface area contributed by atoms with Crippen LogP contribution in [0.1, 0.15) is 30.7 Å². The van der Waals surface area contributed by atoms with Crippen LogP contribution in [0, 0.1) is 6.92 Å². The Morgan fingerprint density at radius 1 is 1.23 bits per heavy atom. The third-order valence-electron chi connectivity index (χ3n) is 4.11. The molecule has 5 heteroatoms. The van der Waals surface area contributed by atoms with E-state index in [1.165, 1.54) is 5.56 Å². The minimum Gasteiger partial charge on any atom is -0.475 e. The molecule has 1 saturated heterocycles. The Labute approximate surface area is 155 Å². The lowest BCUT2D eigenvalue weighted by Crippen LogP contribution is -2.36. The van der Waals surface area contributed by atoms with Crippen LogP contribution in [0.4, 0.5) is 5.69 Å². The predicted molar refractivity (Wildman–Crippen MR) is 106 cm³/mol. The van der Waals surface area contributed by atoms with Crippen molar-refractivity contribution in [3.63, 3.8) is 0 Å². The fourth-order valence-corrected chi connectivity index (χ4v) is 2.93. The first-order chi connectivity index (χ1) is 12.6. The Morgan fingerprint density at radius 2 is 2.04 bits per heavy atom. The molecule has 0 N–H and O–H groups in total. The molecule has 0 atom stereocenters. The van der Waals surface area contributed by atoms with E-state index < -0.39 is 0 Å². The van der Waals surface area contributed by atoms with Crippen LogP contribution in [0.15, 0.2) is 41.4 Å². The van der Waals surface area contributed by atoms with Gasteiger partial charge in [-0.2, -0.15) is 0 Å². The molecule has 0 bridgehead atoms. The van der Waals surface area contributed by atoms with Crippen LogP contribution >= 0.6 is 0 Å². The average Bonchev–Trinajstić information content (AvgIpc) is 2.62. The van der Waals surface area contributed by atoms with E-state index in [4.69, 9.17) is 9.47 Å². The van der Waals surface area contributed by atoms with Crippen molar-refractivity contribution in [2.45, 2.75) is 33.4 Å². The molecule has 1 fully saturated rings. The van der Waals surface area contributed by atoms with Gasteiger partial charge in [0.1, 0.15) is 0 Å². The highest BCUT2D eigenvalue weighted by atomic mass is 16.5. The molecule has 26 heavy (non-hydrogen) atoms. The predicted octanol–water partition coefficient (Wildman–Crippen LogP) is 3.63. The minimum absolute atomic E-state index is 0.0890. The van der Waals surface area contributed by atoms with Gasteiger partial charge in [0.2, 0.25) is 5.88 Å². The maximum Gasteiger partial charge on any atom is 0.215 e. The minimum atomic E-state index is 0.0890. The van der Waals surface area contributed by atoms with Crippen LogP contribution in [0.5, 0.6) is 5.88 Å². The van der Waals surface area contributed by atoms with Crippen LogP contribution in [0.25, 0.3) is 0 Å². The number of benzene rings is 1. The van der Waals surface area contributed by atoms with E-state index in [0.717, 1.165) is 43.2 Å². The van der Waals surface area contributed by atoms with E-state index in [1.807, 2.05) is 32.2 Å². The van der Waals surface area contributed by atoms with E-state index in [2.05, 4.69) is 46.1 Å². The normalized spacial score (nSPS) is 15.0. The van der Waals surface area contributed by atoms with Crippen LogP contribution < -0.4 is 9.64 Å². The van der Waals surface area contributed by atoms with E-state index >= 15 is 0 Å². The second-order valence-electron chi connectivity index (χ2n) is 6.80. The number of pyridine rings is 1. The van der Waals surface area contributed by atoms with Crippen molar-refractivity contribution in [1.82, 2.24) is 4.98 Å². The molecule has 1 aromatic carbocycles. The molecule has 1 aliphatic heterocycles. The van der Waals surface area contributed by atoms with Gasteiger partial charge in [0.15, 0.2) is 0 Å². The summed E-state index contributed by atoms with van der Waals surface area (Å²) >= 11 is 0. The smallest absolute Gasteiger partial charge is 0.215 e. The van der Waals surface area contributed by atoms with Crippen molar-refractivity contribution in [3.05, 3.63) is 53.2 Å². The number of morpholine rings is 1. The van der Waals surface area contributed by atoms with E-state index in [9.17, 15) is 0 Å². The lowest BCUT2D eigenvalue weighted by atomic mass is 10.1. The average molecular weight is 353 g/mol. The number of aromatic nitrogens is 1. The van der Waals surface area contributed by atoms with Crippen molar-refractivity contribution < 1.29 is 9.47 Å². The first-order valence-electron chi connectivity index (χ1n) is 9.17. The van der Waals surface area contributed by atoms with Gasteiger partial charge in [-0.25, -0.2) is 4.98 Å². The zero-order valence-electron chi connectivity index (χ0n) is 15.8. The van der Waals surface area contributed by atoms with E-state index in [1.54, 1.807) is 0 Å². The zero-order chi connectivity index (χ0) is 18.4. The van der Waals surface area contributed by atoms with Gasteiger partial charge in [-0.15, -0.1) is 0 Å². The largest absolute Gasteiger partial charge is 0.475 e. The molecule has 0 saturated carbocycles. The molecule has 3 rings (SSSR count). The lowest BCUT2D eigenvalue weighted by Gasteiger charge is -2.29. The number of nitrogens with zero attached hydrogens (tertiary/aromatic N) is 3. The summed E-state index contributed by atoms with van der Waals surface area (Å²) in [4.78, 5) is 11.5. The number of anilines is 1. The molecule has 0 unspecified atom stereocenters. The van der Waals surface area contributed by atoms with Gasteiger partial charge >= 0.3 is 0 Å². The molecule has 2 heterocycles. The molecule has 0 amide bonds. The first kappa shape index (κ1) is 18.4. The van der Waals surface area contributed by atoms with Gasteiger partial charge in [-0.3, -0.25) is 4.99 Å². The topological polar surface area (TPSA) is 47.0 Å². The molecule has 2 aromatic rings. The van der Waals surface area contributed by atoms with Crippen molar-refractivity contribution in [2.24, 2.45) is 4.99 Å². The summed E-state index contributed by atoms with van der Waals surface area (Å²) in [6, 6.07) is 12.4. The third kappa shape index (κ3) is 5.30. The summed E-state index contributed by atoms with van der Waals surface area (Å²) in [5.74, 6) is 0.657. The standard InChI is InChI=1S/C21H27N3O2/c1-16(2)26-21-13-20(24-7-9-25-10-8-24)12-19(23-21)15-22-14-18-6-4-5-17(3)11-18/h4-6,11-14,16H,7-10,15H2,1-3H3. The third-order valence-corrected chi connectivity index (χ3v) is 4.11. The summed E-state index contributed by atoms with van der Waals surface area (Å²) in [5.41, 5.74) is 4.37. The van der Waals surface area contributed by atoms with Gasteiger partial charge in [0, 0.05) is 31.1 Å². The van der Waals surface area contributed by atoms with Gasteiger partial charge in [-0.1, -0.05) is 29.8 Å². The summed E-state index contributed by atoms with van der Waals surface area (Å²) in [7, 11) is 0. The zero-order valence-corrected chi connectivity index (χ0v) is 15.8. The van der Waals surface area contributed by atoms with Crippen molar-refractivity contribution >= 4 is 11.9 Å². The summed E-state index contributed by atoms with van der Waals surface area (Å²) in [5, 5.41) is 0. The lowest BCUT2D eigenvalue weighted by molar-refractivity contribution is 0.122. The second kappa shape index (κ2) is 8.81. The number of aryl methyl sites for hydroxylation is 1. The van der Waals surface area contributed by atoms with Gasteiger partial charge in [-0.05, 0) is 32.4 Å². The number of ether oxygens (including phenoxy) is 2. The van der Waals surface area contributed by atoms with Crippen molar-refractivity contribution in [3.8, 4) is 5.88 Å². The Bertz CT molecular complexity index is 753. The highest BCUT2D eigenvalue weighted by Crippen LogP contribution is 2.23. The fraction of sp³-hybridized carbons (Fsp3) is 0.429. The molecule has 0 spiro atoms. The second-order valence-corrected chi connectivity index (χ2v) is 6.80. The highest BCUT2D eigenvalue weighted by Gasteiger charge is 2.14. The SMILES string of the molecule is Cc1cccc(C=NCc2cc(N3CCOCC3)cc(OC(C)C)n2)c1. The van der Waals surface area contributed by atoms with Crippen molar-refractivity contribution in [1.29, 1.82) is 0 Å². The highest BCUT2D eigenvalue weighted by molar-refractivity contribution is 5.79. The maximum atomic E-state index is 5.85. The van der Waals surface area contributed by atoms with E-state index in [0.29, 0.717) is 12.4 Å². The molecule has 0 radical (unpaired) electrons. The summed E-state index contributed by atoms with van der Waals surface area (Å²) in [6.07, 6.45) is 1.99. The summed E-state index contributed by atoms with van der Waals surface area (Å²) < 4.78 is 11.3. The van der Waals surface area contributed by atoms with Crippen LogP contribution in [0.3, 0.4) is 0 Å². The van der Waals surface area contributed by atoms with Gasteiger partial charge in [0.25, 0.3) is 0 Å². The maximum absolute atomic E-state index is 5.85. The monoisotopic (exact) mass is 353 g/mol. The molecular formula is C21H27N3O2. The van der Waals surface area contributed by atoms with Crippen LogP contribution in [0.2, 0.25) is 0 Å². The fourth-order valence-electron chi connectivity index (χ4n) is 2.93. The van der Waals surface area contributed by atoms with Crippen molar-refractivity contribution in [2.75, 3.05) is 31.2 Å². The Balaban J connectivity index is 1.77. The molecular weight excluding hydrogens is 326 g/mol. The molecule has 1 aromatic heterocycles. The Hall–Kier alpha value is -2.40. The Kier molecular flexibility index (Phi) is 6.23. The van der Waals surface area contributed by atoms with Crippen LogP contribution in [-0.4, -0.2) is 43.6 Å². The quantitative estimate of drug-likeness (QED) is 0.744. The van der Waals surface area contributed by atoms with E-state index in [-0.39, 0.29) is 6.10 Å². The number of rotatable bonds is 6. The summed E-state index contributed by atoms with van der Waals surface area (Å²) in [6.45, 7) is 9.92. The number of hydrogen-bond acceptors (Lipinski definition) is 5. The number of aliphatic imine (C=N–C) groups is 1. The molecule has 0 aliphatic carbocycles. The molecule has 138 valence electrons. The van der Waals surface area contributed by atoms with Crippen LogP contribution in [-0.2, 0) is 11.3 Å². The first-order valence-corrected chi connectivity index (χ1v) is 9.17. The number of hydrogen-bond donors (Lipinski definition) is 0. The molecule has 5 nitrogen and oxygen atoms in total. The van der Waals surface area contributed by atoms with Gasteiger partial charge in [0.05, 0.1) is 31.6 Å². The van der Waals surface area contributed by atoms with Gasteiger partial charge < -0.3 is 14.4 Å².